The number of hydrogen-bond acceptors (Lipinski definition) is 3. The molecule has 0 unspecified atom stereocenters. The minimum absolute atomic E-state index is 0.0200. The molecule has 0 bridgehead atoms. The zero-order valence-corrected chi connectivity index (χ0v) is 9.86. The molecule has 4 nitrogen and oxygen atoms in total. The highest BCUT2D eigenvalue weighted by atomic mass is 35.5. The van der Waals surface area contributed by atoms with Crippen molar-refractivity contribution in [3.63, 3.8) is 0 Å². The topological polar surface area (TPSA) is 69.2 Å². The van der Waals surface area contributed by atoms with Gasteiger partial charge in [0.05, 0.1) is 4.92 Å². The second-order valence-electron chi connectivity index (χ2n) is 4.79. The Labute approximate surface area is 98.5 Å². The number of nitro groups is 1. The minimum atomic E-state index is -0.382. The smallest absolute Gasteiger partial charge is 0.273 e. The predicted molar refractivity (Wildman–Crippen MR) is 62.6 cm³/mol. The molecule has 0 heterocycles. The van der Waals surface area contributed by atoms with Crippen molar-refractivity contribution in [2.75, 3.05) is 0 Å². The molecule has 1 saturated carbocycles. The van der Waals surface area contributed by atoms with Gasteiger partial charge in [0.15, 0.2) is 0 Å². The lowest BCUT2D eigenvalue weighted by molar-refractivity contribution is -0.385. The van der Waals surface area contributed by atoms with E-state index in [2.05, 4.69) is 0 Å². The summed E-state index contributed by atoms with van der Waals surface area (Å²) >= 11 is 5.87. The molecule has 0 aliphatic heterocycles. The molecule has 5 heteroatoms. The van der Waals surface area contributed by atoms with E-state index in [0.29, 0.717) is 10.6 Å². The molecule has 0 spiro atoms. The number of nitro benzene ring substituents is 1. The Balaban J connectivity index is 2.48. The highest BCUT2D eigenvalue weighted by Crippen LogP contribution is 2.59. The fourth-order valence-corrected chi connectivity index (χ4v) is 2.39. The van der Waals surface area contributed by atoms with Crippen molar-refractivity contribution in [1.29, 1.82) is 0 Å². The van der Waals surface area contributed by atoms with Gasteiger partial charge in [-0.2, -0.15) is 0 Å². The van der Waals surface area contributed by atoms with Crippen LogP contribution in [-0.4, -0.2) is 11.0 Å². The third kappa shape index (κ3) is 1.58. The molecule has 2 rings (SSSR count). The first-order valence-electron chi connectivity index (χ1n) is 5.05. The molecular formula is C11H13ClN2O2. The summed E-state index contributed by atoms with van der Waals surface area (Å²) in [4.78, 5) is 10.5. The average Bonchev–Trinajstić information content (AvgIpc) is 2.65. The first-order chi connectivity index (χ1) is 7.35. The van der Waals surface area contributed by atoms with E-state index in [4.69, 9.17) is 17.3 Å². The zero-order chi connectivity index (χ0) is 12.1. The van der Waals surface area contributed by atoms with E-state index >= 15 is 0 Å². The Morgan fingerprint density at radius 3 is 2.50 bits per heavy atom. The van der Waals surface area contributed by atoms with Gasteiger partial charge in [-0.15, -0.1) is 0 Å². The van der Waals surface area contributed by atoms with Crippen LogP contribution in [-0.2, 0) is 0 Å². The largest absolute Gasteiger partial charge is 0.327 e. The summed E-state index contributed by atoms with van der Waals surface area (Å²) in [5.74, 6) is 0.0200. The SMILES string of the molecule is CC1(C)[C@@H](N)[C@@H]1c1cc(Cl)ccc1[N+](=O)[O-]. The van der Waals surface area contributed by atoms with Crippen LogP contribution in [0.3, 0.4) is 0 Å². The maximum atomic E-state index is 10.9. The number of rotatable bonds is 2. The van der Waals surface area contributed by atoms with Gasteiger partial charge in [-0.3, -0.25) is 10.1 Å². The van der Waals surface area contributed by atoms with Crippen molar-refractivity contribution in [2.24, 2.45) is 11.1 Å². The molecule has 1 fully saturated rings. The van der Waals surface area contributed by atoms with Crippen molar-refractivity contribution in [2.45, 2.75) is 25.8 Å². The molecule has 2 atom stereocenters. The number of hydrogen-bond donors (Lipinski definition) is 1. The van der Waals surface area contributed by atoms with Crippen LogP contribution < -0.4 is 5.73 Å². The highest BCUT2D eigenvalue weighted by Gasteiger charge is 2.58. The first-order valence-corrected chi connectivity index (χ1v) is 5.43. The number of nitrogens with zero attached hydrogens (tertiary/aromatic N) is 1. The van der Waals surface area contributed by atoms with Gasteiger partial charge in [0, 0.05) is 28.6 Å². The first kappa shape index (κ1) is 11.4. The van der Waals surface area contributed by atoms with Gasteiger partial charge in [-0.05, 0) is 17.5 Å². The molecule has 1 aliphatic carbocycles. The molecule has 0 aromatic heterocycles. The van der Waals surface area contributed by atoms with E-state index < -0.39 is 0 Å². The molecule has 0 saturated heterocycles. The second kappa shape index (κ2) is 3.43. The molecule has 0 amide bonds. The number of halogens is 1. The highest BCUT2D eigenvalue weighted by molar-refractivity contribution is 6.30. The van der Waals surface area contributed by atoms with E-state index in [1.165, 1.54) is 12.1 Å². The lowest BCUT2D eigenvalue weighted by Gasteiger charge is -2.04. The van der Waals surface area contributed by atoms with Gasteiger partial charge in [-0.1, -0.05) is 25.4 Å². The second-order valence-corrected chi connectivity index (χ2v) is 5.22. The Kier molecular flexibility index (Phi) is 2.44. The van der Waals surface area contributed by atoms with Crippen LogP contribution in [0.5, 0.6) is 0 Å². The van der Waals surface area contributed by atoms with Crippen molar-refractivity contribution >= 4 is 17.3 Å². The summed E-state index contributed by atoms with van der Waals surface area (Å²) in [7, 11) is 0. The minimum Gasteiger partial charge on any atom is -0.327 e. The monoisotopic (exact) mass is 240 g/mol. The van der Waals surface area contributed by atoms with Crippen LogP contribution in [0.4, 0.5) is 5.69 Å². The molecular weight excluding hydrogens is 228 g/mol. The van der Waals surface area contributed by atoms with Crippen LogP contribution in [0.15, 0.2) is 18.2 Å². The predicted octanol–water partition coefficient (Wildman–Crippen LogP) is 2.70. The van der Waals surface area contributed by atoms with Crippen LogP contribution in [0.1, 0.15) is 25.3 Å². The summed E-state index contributed by atoms with van der Waals surface area (Å²) in [5, 5.41) is 11.4. The summed E-state index contributed by atoms with van der Waals surface area (Å²) in [6.07, 6.45) is 0. The van der Waals surface area contributed by atoms with Crippen LogP contribution in [0, 0.1) is 15.5 Å². The fourth-order valence-electron chi connectivity index (χ4n) is 2.21. The van der Waals surface area contributed by atoms with E-state index in [1.807, 2.05) is 13.8 Å². The third-order valence-electron chi connectivity index (χ3n) is 3.43. The Morgan fingerprint density at radius 1 is 1.50 bits per heavy atom. The molecule has 2 N–H and O–H groups in total. The molecule has 16 heavy (non-hydrogen) atoms. The Bertz CT molecular complexity index is 459. The number of nitrogens with two attached hydrogens (primary N) is 1. The van der Waals surface area contributed by atoms with Crippen LogP contribution in [0.25, 0.3) is 0 Å². The maximum Gasteiger partial charge on any atom is 0.273 e. The van der Waals surface area contributed by atoms with Crippen molar-refractivity contribution in [1.82, 2.24) is 0 Å². The quantitative estimate of drug-likeness (QED) is 0.638. The maximum absolute atomic E-state index is 10.9. The summed E-state index contributed by atoms with van der Waals surface area (Å²) < 4.78 is 0. The molecule has 1 aromatic carbocycles. The standard InChI is InChI=1S/C11H13ClN2O2/c1-11(2)9(10(11)13)7-5-6(12)3-4-8(7)14(15)16/h3-5,9-10H,13H2,1-2H3/t9-,10-/m0/s1. The van der Waals surface area contributed by atoms with E-state index in [9.17, 15) is 10.1 Å². The summed E-state index contributed by atoms with van der Waals surface area (Å²) in [6, 6.07) is 4.59. The fraction of sp³-hybridized carbons (Fsp3) is 0.455. The lowest BCUT2D eigenvalue weighted by atomic mass is 10.0. The summed E-state index contributed by atoms with van der Waals surface area (Å²) in [5.41, 5.74) is 6.60. The van der Waals surface area contributed by atoms with E-state index in [1.54, 1.807) is 6.07 Å². The lowest BCUT2D eigenvalue weighted by Crippen LogP contribution is -2.06. The third-order valence-corrected chi connectivity index (χ3v) is 3.67. The summed E-state index contributed by atoms with van der Waals surface area (Å²) in [6.45, 7) is 4.01. The van der Waals surface area contributed by atoms with Crippen LogP contribution >= 0.6 is 11.6 Å². The van der Waals surface area contributed by atoms with E-state index in [0.717, 1.165) is 0 Å². The van der Waals surface area contributed by atoms with Gasteiger partial charge >= 0.3 is 0 Å². The van der Waals surface area contributed by atoms with Gasteiger partial charge in [-0.25, -0.2) is 0 Å². The molecule has 1 aliphatic rings. The Hall–Kier alpha value is -1.13. The van der Waals surface area contributed by atoms with Crippen LogP contribution in [0.2, 0.25) is 5.02 Å². The normalized spacial score (nSPS) is 26.5. The van der Waals surface area contributed by atoms with Crippen molar-refractivity contribution in [3.8, 4) is 0 Å². The van der Waals surface area contributed by atoms with E-state index in [-0.39, 0.29) is 28.0 Å². The Morgan fingerprint density at radius 2 is 2.06 bits per heavy atom. The van der Waals surface area contributed by atoms with Gasteiger partial charge in [0.1, 0.15) is 0 Å². The van der Waals surface area contributed by atoms with Crippen molar-refractivity contribution in [3.05, 3.63) is 38.9 Å². The van der Waals surface area contributed by atoms with Crippen molar-refractivity contribution < 1.29 is 4.92 Å². The zero-order valence-electron chi connectivity index (χ0n) is 9.11. The van der Waals surface area contributed by atoms with Gasteiger partial charge < -0.3 is 5.73 Å². The average molecular weight is 241 g/mol. The molecule has 86 valence electrons. The number of benzene rings is 1. The molecule has 1 aromatic rings. The van der Waals surface area contributed by atoms with Gasteiger partial charge in [0.25, 0.3) is 5.69 Å². The van der Waals surface area contributed by atoms with Gasteiger partial charge in [0.2, 0.25) is 0 Å². The molecule has 0 radical (unpaired) electrons.